The molecule has 3 rings (SSSR count). The average Bonchev–Trinajstić information content (AvgIpc) is 3.10. The highest BCUT2D eigenvalue weighted by molar-refractivity contribution is 5.66. The van der Waals surface area contributed by atoms with Crippen LogP contribution in [0.1, 0.15) is 35.6 Å². The summed E-state index contributed by atoms with van der Waals surface area (Å²) in [7, 11) is 3.36. The molecule has 2 aromatic rings. The van der Waals surface area contributed by atoms with E-state index in [4.69, 9.17) is 14.6 Å². The fourth-order valence-electron chi connectivity index (χ4n) is 3.72. The van der Waals surface area contributed by atoms with Gasteiger partial charge in [0.2, 0.25) is 0 Å². The smallest absolute Gasteiger partial charge is 0.325 e. The SMILES string of the molecule is COCc1cc(CN2CCC[C@H](c3ccn(CC(=O)O)n3)C2)ccc1OC. The molecule has 7 nitrogen and oxygen atoms in total. The molecule has 0 saturated carbocycles. The van der Waals surface area contributed by atoms with Crippen LogP contribution in [-0.4, -0.2) is 53.1 Å². The number of carboxylic acid groups (broad SMARTS) is 1. The van der Waals surface area contributed by atoms with E-state index in [1.165, 1.54) is 10.2 Å². The van der Waals surface area contributed by atoms with Crippen LogP contribution in [0.3, 0.4) is 0 Å². The molecule has 0 amide bonds. The van der Waals surface area contributed by atoms with Crippen molar-refractivity contribution < 1.29 is 19.4 Å². The Hall–Kier alpha value is -2.38. The van der Waals surface area contributed by atoms with Crippen molar-refractivity contribution in [2.75, 3.05) is 27.3 Å². The highest BCUT2D eigenvalue weighted by Gasteiger charge is 2.23. The predicted octanol–water partition coefficient (Wildman–Crippen LogP) is 2.50. The minimum Gasteiger partial charge on any atom is -0.496 e. The minimum atomic E-state index is -0.874. The van der Waals surface area contributed by atoms with Gasteiger partial charge in [-0.1, -0.05) is 6.07 Å². The summed E-state index contributed by atoms with van der Waals surface area (Å²) in [6.45, 7) is 3.28. The molecule has 27 heavy (non-hydrogen) atoms. The second kappa shape index (κ2) is 9.01. The molecule has 0 bridgehead atoms. The lowest BCUT2D eigenvalue weighted by atomic mass is 9.94. The van der Waals surface area contributed by atoms with Crippen LogP contribution in [-0.2, 0) is 29.2 Å². The normalized spacial score (nSPS) is 17.8. The van der Waals surface area contributed by atoms with Gasteiger partial charge in [0, 0.05) is 37.9 Å². The third kappa shape index (κ3) is 5.08. The van der Waals surface area contributed by atoms with Gasteiger partial charge >= 0.3 is 5.97 Å². The maximum Gasteiger partial charge on any atom is 0.325 e. The second-order valence-corrected chi connectivity index (χ2v) is 6.99. The van der Waals surface area contributed by atoms with E-state index < -0.39 is 5.97 Å². The van der Waals surface area contributed by atoms with Crippen LogP contribution >= 0.6 is 0 Å². The summed E-state index contributed by atoms with van der Waals surface area (Å²) in [6, 6.07) is 8.19. The Morgan fingerprint density at radius 1 is 1.33 bits per heavy atom. The minimum absolute atomic E-state index is 0.0927. The molecule has 7 heteroatoms. The van der Waals surface area contributed by atoms with E-state index >= 15 is 0 Å². The fraction of sp³-hybridized carbons (Fsp3) is 0.500. The number of benzene rings is 1. The quantitative estimate of drug-likeness (QED) is 0.766. The Bertz CT molecular complexity index is 774. The van der Waals surface area contributed by atoms with E-state index in [-0.39, 0.29) is 6.54 Å². The van der Waals surface area contributed by atoms with Crippen LogP contribution < -0.4 is 4.74 Å². The zero-order valence-corrected chi connectivity index (χ0v) is 15.9. The van der Waals surface area contributed by atoms with Crippen LogP contribution in [0.25, 0.3) is 0 Å². The first-order valence-corrected chi connectivity index (χ1v) is 9.21. The van der Waals surface area contributed by atoms with E-state index in [1.807, 2.05) is 12.1 Å². The largest absolute Gasteiger partial charge is 0.496 e. The van der Waals surface area contributed by atoms with Crippen molar-refractivity contribution in [2.24, 2.45) is 0 Å². The number of aliphatic carboxylic acids is 1. The molecule has 1 aliphatic heterocycles. The average molecular weight is 373 g/mol. The standard InChI is InChI=1S/C20H27N3O4/c1-26-14-17-10-15(5-6-19(17)27-2)11-22-8-3-4-16(12-22)18-7-9-23(21-18)13-20(24)25/h5-7,9-10,16H,3-4,8,11-14H2,1-2H3,(H,24,25)/t16-/m0/s1. The summed E-state index contributed by atoms with van der Waals surface area (Å²) >= 11 is 0. The van der Waals surface area contributed by atoms with Crippen LogP contribution in [0.4, 0.5) is 0 Å². The molecular weight excluding hydrogens is 346 g/mol. The lowest BCUT2D eigenvalue weighted by Gasteiger charge is -2.32. The molecule has 1 fully saturated rings. The first kappa shape index (κ1) is 19.4. The van der Waals surface area contributed by atoms with Crippen molar-refractivity contribution in [1.29, 1.82) is 0 Å². The number of carboxylic acids is 1. The topological polar surface area (TPSA) is 76.8 Å². The number of rotatable bonds is 8. The zero-order valence-electron chi connectivity index (χ0n) is 15.9. The number of likely N-dealkylation sites (tertiary alicyclic amines) is 1. The number of piperidine rings is 1. The van der Waals surface area contributed by atoms with E-state index in [2.05, 4.69) is 22.1 Å². The number of methoxy groups -OCH3 is 2. The van der Waals surface area contributed by atoms with Gasteiger partial charge in [-0.15, -0.1) is 0 Å². The highest BCUT2D eigenvalue weighted by atomic mass is 16.5. The Morgan fingerprint density at radius 2 is 2.19 bits per heavy atom. The third-order valence-electron chi connectivity index (χ3n) is 4.93. The van der Waals surface area contributed by atoms with E-state index in [1.54, 1.807) is 20.4 Å². The van der Waals surface area contributed by atoms with Crippen molar-refractivity contribution in [3.8, 4) is 5.75 Å². The van der Waals surface area contributed by atoms with E-state index in [0.29, 0.717) is 12.5 Å². The Labute approximate surface area is 159 Å². The lowest BCUT2D eigenvalue weighted by molar-refractivity contribution is -0.137. The molecule has 0 radical (unpaired) electrons. The lowest BCUT2D eigenvalue weighted by Crippen LogP contribution is -2.34. The highest BCUT2D eigenvalue weighted by Crippen LogP contribution is 2.28. The van der Waals surface area contributed by atoms with Gasteiger partial charge in [-0.2, -0.15) is 5.10 Å². The van der Waals surface area contributed by atoms with Gasteiger partial charge in [-0.25, -0.2) is 0 Å². The van der Waals surface area contributed by atoms with E-state index in [9.17, 15) is 4.79 Å². The van der Waals surface area contributed by atoms with Crippen molar-refractivity contribution in [1.82, 2.24) is 14.7 Å². The molecule has 1 aromatic heterocycles. The molecule has 1 atom stereocenters. The van der Waals surface area contributed by atoms with Crippen LogP contribution in [0.2, 0.25) is 0 Å². The molecule has 1 aliphatic rings. The number of carbonyl (C=O) groups is 1. The molecule has 1 N–H and O–H groups in total. The maximum atomic E-state index is 10.8. The van der Waals surface area contributed by atoms with Crippen LogP contribution in [0.5, 0.6) is 5.75 Å². The maximum absolute atomic E-state index is 10.8. The number of nitrogens with zero attached hydrogens (tertiary/aromatic N) is 3. The summed E-state index contributed by atoms with van der Waals surface area (Å²) in [5.41, 5.74) is 3.27. The van der Waals surface area contributed by atoms with Crippen LogP contribution in [0, 0.1) is 0 Å². The Balaban J connectivity index is 1.65. The Kier molecular flexibility index (Phi) is 6.47. The molecule has 0 unspecified atom stereocenters. The molecule has 0 spiro atoms. The van der Waals surface area contributed by atoms with Crippen LogP contribution in [0.15, 0.2) is 30.5 Å². The number of aromatic nitrogens is 2. The fourth-order valence-corrected chi connectivity index (χ4v) is 3.72. The number of hydrogen-bond donors (Lipinski definition) is 1. The first-order chi connectivity index (χ1) is 13.1. The van der Waals surface area contributed by atoms with Crippen molar-refractivity contribution in [2.45, 2.75) is 38.5 Å². The molecular formula is C20H27N3O4. The van der Waals surface area contributed by atoms with Gasteiger partial charge < -0.3 is 14.6 Å². The summed E-state index contributed by atoms with van der Waals surface area (Å²) in [4.78, 5) is 13.3. The number of ether oxygens (including phenoxy) is 2. The van der Waals surface area contributed by atoms with Crippen molar-refractivity contribution in [3.05, 3.63) is 47.3 Å². The van der Waals surface area contributed by atoms with Gasteiger partial charge in [0.05, 0.1) is 19.4 Å². The van der Waals surface area contributed by atoms with Gasteiger partial charge in [0.1, 0.15) is 12.3 Å². The van der Waals surface area contributed by atoms with Gasteiger partial charge in [0.15, 0.2) is 0 Å². The van der Waals surface area contributed by atoms with Gasteiger partial charge in [-0.3, -0.25) is 14.4 Å². The van der Waals surface area contributed by atoms with Crippen molar-refractivity contribution in [3.63, 3.8) is 0 Å². The molecule has 146 valence electrons. The second-order valence-electron chi connectivity index (χ2n) is 6.99. The summed E-state index contributed by atoms with van der Waals surface area (Å²) in [6.07, 6.45) is 3.94. The first-order valence-electron chi connectivity index (χ1n) is 9.21. The summed E-state index contributed by atoms with van der Waals surface area (Å²) < 4.78 is 12.2. The monoisotopic (exact) mass is 373 g/mol. The summed E-state index contributed by atoms with van der Waals surface area (Å²) in [5, 5.41) is 13.4. The van der Waals surface area contributed by atoms with Gasteiger partial charge in [-0.05, 0) is 43.1 Å². The van der Waals surface area contributed by atoms with Crippen molar-refractivity contribution >= 4 is 5.97 Å². The molecule has 2 heterocycles. The Morgan fingerprint density at radius 3 is 2.93 bits per heavy atom. The molecule has 1 aromatic carbocycles. The molecule has 1 saturated heterocycles. The van der Waals surface area contributed by atoms with E-state index in [0.717, 1.165) is 49.5 Å². The third-order valence-corrected chi connectivity index (χ3v) is 4.93. The van der Waals surface area contributed by atoms with Gasteiger partial charge in [0.25, 0.3) is 0 Å². The molecule has 0 aliphatic carbocycles. The predicted molar refractivity (Wildman–Crippen MR) is 101 cm³/mol. The number of hydrogen-bond acceptors (Lipinski definition) is 5. The zero-order chi connectivity index (χ0) is 19.2. The summed E-state index contributed by atoms with van der Waals surface area (Å²) in [5.74, 6) is 0.313.